The van der Waals surface area contributed by atoms with Gasteiger partial charge in [0.2, 0.25) is 5.91 Å². The Labute approximate surface area is 158 Å². The van der Waals surface area contributed by atoms with Crippen molar-refractivity contribution in [2.24, 2.45) is 5.73 Å². The summed E-state index contributed by atoms with van der Waals surface area (Å²) in [7, 11) is 0. The number of pyridine rings is 1. The van der Waals surface area contributed by atoms with E-state index < -0.39 is 11.9 Å². The summed E-state index contributed by atoms with van der Waals surface area (Å²) >= 11 is 2.20. The average molecular weight is 445 g/mol. The molecule has 3 rings (SSSR count). The second-order valence-electron chi connectivity index (χ2n) is 5.64. The molecule has 3 N–H and O–H groups in total. The van der Waals surface area contributed by atoms with E-state index in [1.54, 1.807) is 6.07 Å². The van der Waals surface area contributed by atoms with E-state index in [0.717, 1.165) is 20.0 Å². The maximum absolute atomic E-state index is 12.5. The van der Waals surface area contributed by atoms with Crippen LogP contribution in [0.25, 0.3) is 10.9 Å². The minimum Gasteiger partial charge on any atom is -0.368 e. The molecule has 0 spiro atoms. The maximum Gasteiger partial charge on any atom is 0.253 e. The normalized spacial score (nSPS) is 11.9. The lowest BCUT2D eigenvalue weighted by molar-refractivity contribution is -0.119. The Balaban J connectivity index is 1.80. The Kier molecular flexibility index (Phi) is 5.28. The number of carbonyl (C=O) groups excluding carboxylic acids is 2. The number of halogens is 1. The molecule has 1 aromatic heterocycles. The number of aromatic nitrogens is 1. The number of carbonyl (C=O) groups is 2. The number of hydrogen-bond acceptors (Lipinski definition) is 3. The smallest absolute Gasteiger partial charge is 0.253 e. The Morgan fingerprint density at radius 3 is 2.60 bits per heavy atom. The standard InChI is InChI=1S/C19H16IN3O2/c20-15-7-3-1-5-12(15)10-17(18(21)24)23-19(25)14-9-13-6-2-4-8-16(13)22-11-14/h1-9,11,17H,10H2,(H2,21,24)(H,23,25)/t17-/m1/s1. The number of nitrogens with zero attached hydrogens (tertiary/aromatic N) is 1. The predicted molar refractivity (Wildman–Crippen MR) is 105 cm³/mol. The number of nitrogens with one attached hydrogen (secondary N) is 1. The molecule has 6 heteroatoms. The van der Waals surface area contributed by atoms with Crippen LogP contribution in [0.1, 0.15) is 15.9 Å². The molecule has 0 fully saturated rings. The second-order valence-corrected chi connectivity index (χ2v) is 6.80. The van der Waals surface area contributed by atoms with Crippen LogP contribution in [0.2, 0.25) is 0 Å². The van der Waals surface area contributed by atoms with Gasteiger partial charge in [-0.2, -0.15) is 0 Å². The van der Waals surface area contributed by atoms with Crippen LogP contribution in [0.4, 0.5) is 0 Å². The SMILES string of the molecule is NC(=O)[C@@H](Cc1ccccc1I)NC(=O)c1cnc2ccccc2c1. The summed E-state index contributed by atoms with van der Waals surface area (Å²) in [6.07, 6.45) is 1.85. The number of hydrogen-bond donors (Lipinski definition) is 2. The van der Waals surface area contributed by atoms with E-state index in [9.17, 15) is 9.59 Å². The summed E-state index contributed by atoms with van der Waals surface area (Å²) in [4.78, 5) is 28.6. The highest BCUT2D eigenvalue weighted by Crippen LogP contribution is 2.15. The lowest BCUT2D eigenvalue weighted by Crippen LogP contribution is -2.46. The van der Waals surface area contributed by atoms with Gasteiger partial charge in [0.05, 0.1) is 11.1 Å². The molecule has 0 aliphatic heterocycles. The minimum absolute atomic E-state index is 0.348. The minimum atomic E-state index is -0.783. The van der Waals surface area contributed by atoms with Crippen molar-refractivity contribution >= 4 is 45.3 Å². The molecule has 0 saturated heterocycles. The molecular formula is C19H16IN3O2. The van der Waals surface area contributed by atoms with Crippen molar-refractivity contribution in [1.29, 1.82) is 0 Å². The zero-order chi connectivity index (χ0) is 17.8. The third kappa shape index (κ3) is 4.14. The van der Waals surface area contributed by atoms with Crippen LogP contribution in [-0.4, -0.2) is 22.8 Å². The van der Waals surface area contributed by atoms with Gasteiger partial charge in [-0.15, -0.1) is 0 Å². The summed E-state index contributed by atoms with van der Waals surface area (Å²) in [5, 5.41) is 3.58. The van der Waals surface area contributed by atoms with Crippen LogP contribution in [0.3, 0.4) is 0 Å². The Morgan fingerprint density at radius 2 is 1.84 bits per heavy atom. The first-order valence-electron chi connectivity index (χ1n) is 7.73. The van der Waals surface area contributed by atoms with Crippen LogP contribution in [0.15, 0.2) is 60.8 Å². The number of rotatable bonds is 5. The molecule has 0 unspecified atom stereocenters. The van der Waals surface area contributed by atoms with Gasteiger partial charge in [-0.3, -0.25) is 14.6 Å². The first kappa shape index (κ1) is 17.3. The van der Waals surface area contributed by atoms with Gasteiger partial charge in [0.25, 0.3) is 5.91 Å². The highest BCUT2D eigenvalue weighted by molar-refractivity contribution is 14.1. The quantitative estimate of drug-likeness (QED) is 0.593. The Morgan fingerprint density at radius 1 is 1.12 bits per heavy atom. The molecule has 2 amide bonds. The monoisotopic (exact) mass is 445 g/mol. The van der Waals surface area contributed by atoms with Gasteiger partial charge in [0, 0.05) is 21.6 Å². The van der Waals surface area contributed by atoms with Gasteiger partial charge in [0.15, 0.2) is 0 Å². The van der Waals surface area contributed by atoms with Gasteiger partial charge in [-0.05, 0) is 46.4 Å². The number of fused-ring (bicyclic) bond motifs is 1. The topological polar surface area (TPSA) is 85.1 Å². The lowest BCUT2D eigenvalue weighted by Gasteiger charge is -2.16. The molecule has 0 saturated carbocycles. The molecule has 1 atom stereocenters. The fraction of sp³-hybridized carbons (Fsp3) is 0.105. The maximum atomic E-state index is 12.5. The predicted octanol–water partition coefficient (Wildman–Crippen LogP) is 2.67. The summed E-state index contributed by atoms with van der Waals surface area (Å²) in [6, 6.07) is 16.2. The number of para-hydroxylation sites is 1. The summed E-state index contributed by atoms with van der Waals surface area (Å²) < 4.78 is 1.02. The fourth-order valence-electron chi connectivity index (χ4n) is 2.54. The zero-order valence-corrected chi connectivity index (χ0v) is 15.4. The highest BCUT2D eigenvalue weighted by atomic mass is 127. The highest BCUT2D eigenvalue weighted by Gasteiger charge is 2.20. The first-order chi connectivity index (χ1) is 12.0. The molecule has 0 aliphatic rings. The zero-order valence-electron chi connectivity index (χ0n) is 13.3. The third-order valence-corrected chi connectivity index (χ3v) is 4.94. The van der Waals surface area contributed by atoms with Crippen molar-refractivity contribution in [3.63, 3.8) is 0 Å². The summed E-state index contributed by atoms with van der Waals surface area (Å²) in [6.45, 7) is 0. The first-order valence-corrected chi connectivity index (χ1v) is 8.81. The van der Waals surface area contributed by atoms with Crippen molar-refractivity contribution in [2.75, 3.05) is 0 Å². The molecular weight excluding hydrogens is 429 g/mol. The fourth-order valence-corrected chi connectivity index (χ4v) is 3.15. The van der Waals surface area contributed by atoms with Crippen LogP contribution < -0.4 is 11.1 Å². The van der Waals surface area contributed by atoms with Crippen molar-refractivity contribution in [3.05, 3.63) is 75.5 Å². The van der Waals surface area contributed by atoms with Crippen LogP contribution in [0.5, 0.6) is 0 Å². The largest absolute Gasteiger partial charge is 0.368 e. The van der Waals surface area contributed by atoms with Crippen molar-refractivity contribution in [1.82, 2.24) is 10.3 Å². The summed E-state index contributed by atoms with van der Waals surface area (Å²) in [5.41, 5.74) is 7.65. The number of nitrogens with two attached hydrogens (primary N) is 1. The van der Waals surface area contributed by atoms with E-state index in [-0.39, 0.29) is 5.91 Å². The number of benzene rings is 2. The van der Waals surface area contributed by atoms with E-state index in [2.05, 4.69) is 32.9 Å². The van der Waals surface area contributed by atoms with Crippen molar-refractivity contribution in [3.8, 4) is 0 Å². The molecule has 25 heavy (non-hydrogen) atoms. The molecule has 0 bridgehead atoms. The molecule has 0 aliphatic carbocycles. The van der Waals surface area contributed by atoms with E-state index >= 15 is 0 Å². The number of amides is 2. The third-order valence-electron chi connectivity index (χ3n) is 3.88. The molecule has 0 radical (unpaired) electrons. The van der Waals surface area contributed by atoms with Crippen molar-refractivity contribution in [2.45, 2.75) is 12.5 Å². The van der Waals surface area contributed by atoms with Crippen LogP contribution in [0, 0.1) is 3.57 Å². The van der Waals surface area contributed by atoms with Crippen LogP contribution in [-0.2, 0) is 11.2 Å². The second kappa shape index (κ2) is 7.60. The van der Waals surface area contributed by atoms with Gasteiger partial charge in [0.1, 0.15) is 6.04 Å². The van der Waals surface area contributed by atoms with Gasteiger partial charge in [-0.25, -0.2) is 0 Å². The molecule has 3 aromatic rings. The molecule has 5 nitrogen and oxygen atoms in total. The average Bonchev–Trinajstić information content (AvgIpc) is 2.62. The van der Waals surface area contributed by atoms with E-state index in [4.69, 9.17) is 5.73 Å². The van der Waals surface area contributed by atoms with E-state index in [1.165, 1.54) is 6.20 Å². The van der Waals surface area contributed by atoms with Gasteiger partial charge < -0.3 is 11.1 Å². The molecule has 126 valence electrons. The Hall–Kier alpha value is -2.48. The number of primary amides is 1. The van der Waals surface area contributed by atoms with Crippen LogP contribution >= 0.6 is 22.6 Å². The molecule has 1 heterocycles. The van der Waals surface area contributed by atoms with Crippen molar-refractivity contribution < 1.29 is 9.59 Å². The van der Waals surface area contributed by atoms with E-state index in [1.807, 2.05) is 48.5 Å². The van der Waals surface area contributed by atoms with Gasteiger partial charge in [-0.1, -0.05) is 36.4 Å². The van der Waals surface area contributed by atoms with Gasteiger partial charge >= 0.3 is 0 Å². The molecule has 2 aromatic carbocycles. The lowest BCUT2D eigenvalue weighted by atomic mass is 10.0. The van der Waals surface area contributed by atoms with E-state index in [0.29, 0.717) is 12.0 Å². The Bertz CT molecular complexity index is 943. The summed E-state index contributed by atoms with van der Waals surface area (Å²) in [5.74, 6) is -0.935.